The van der Waals surface area contributed by atoms with Gasteiger partial charge in [-0.25, -0.2) is 0 Å². The Morgan fingerprint density at radius 2 is 2.14 bits per heavy atom. The zero-order valence-electron chi connectivity index (χ0n) is 8.36. The van der Waals surface area contributed by atoms with Crippen molar-refractivity contribution < 1.29 is 9.53 Å². The lowest BCUT2D eigenvalue weighted by Gasteiger charge is -2.29. The zero-order valence-corrected chi connectivity index (χ0v) is 9.18. The highest BCUT2D eigenvalue weighted by molar-refractivity contribution is 7.80. The lowest BCUT2D eigenvalue weighted by Crippen LogP contribution is -2.40. The van der Waals surface area contributed by atoms with Gasteiger partial charge in [0.05, 0.1) is 18.0 Å². The number of nitrogens with two attached hydrogens (primary N) is 1. The van der Waals surface area contributed by atoms with E-state index >= 15 is 0 Å². The van der Waals surface area contributed by atoms with E-state index in [1.54, 1.807) is 0 Å². The van der Waals surface area contributed by atoms with Crippen LogP contribution < -0.4 is 5.73 Å². The Hall–Kier alpha value is -0.680. The second kappa shape index (κ2) is 5.26. The standard InChI is InChI=1S/C9H16N2O2S/c1-13-9(12)7-2-4-11(5-3-7)6-8(10)14/h7H,2-6H2,1H3,(H2,10,14). The molecule has 14 heavy (non-hydrogen) atoms. The van der Waals surface area contributed by atoms with E-state index in [9.17, 15) is 4.79 Å². The number of hydrogen-bond acceptors (Lipinski definition) is 4. The Morgan fingerprint density at radius 1 is 1.57 bits per heavy atom. The Labute approximate surface area is 89.4 Å². The predicted octanol–water partition coefficient (Wildman–Crippen LogP) is 0.157. The minimum absolute atomic E-state index is 0.0580. The van der Waals surface area contributed by atoms with Crippen LogP contribution in [0.5, 0.6) is 0 Å². The third-order valence-electron chi connectivity index (χ3n) is 2.50. The average Bonchev–Trinajstić information content (AvgIpc) is 2.17. The Balaban J connectivity index is 2.31. The summed E-state index contributed by atoms with van der Waals surface area (Å²) in [5.74, 6) is -0.0393. The third-order valence-corrected chi connectivity index (χ3v) is 2.63. The van der Waals surface area contributed by atoms with Crippen LogP contribution in [0.2, 0.25) is 0 Å². The van der Waals surface area contributed by atoms with Crippen LogP contribution >= 0.6 is 12.2 Å². The van der Waals surface area contributed by atoms with Crippen LogP contribution in [-0.4, -0.2) is 42.6 Å². The van der Waals surface area contributed by atoms with Crippen molar-refractivity contribution in [3.63, 3.8) is 0 Å². The van der Waals surface area contributed by atoms with Crippen molar-refractivity contribution in [2.24, 2.45) is 11.7 Å². The average molecular weight is 216 g/mol. The fourth-order valence-corrected chi connectivity index (χ4v) is 1.90. The highest BCUT2D eigenvalue weighted by atomic mass is 32.1. The molecule has 5 heteroatoms. The van der Waals surface area contributed by atoms with Gasteiger partial charge in [-0.05, 0) is 25.9 Å². The zero-order chi connectivity index (χ0) is 10.6. The SMILES string of the molecule is COC(=O)C1CCN(CC(N)=S)CC1. The Kier molecular flexibility index (Phi) is 4.28. The predicted molar refractivity (Wildman–Crippen MR) is 58.0 cm³/mol. The maximum Gasteiger partial charge on any atom is 0.308 e. The molecule has 0 amide bonds. The van der Waals surface area contributed by atoms with Crippen molar-refractivity contribution in [2.75, 3.05) is 26.7 Å². The molecular weight excluding hydrogens is 200 g/mol. The summed E-state index contributed by atoms with van der Waals surface area (Å²) in [7, 11) is 1.43. The van der Waals surface area contributed by atoms with Crippen molar-refractivity contribution in [1.29, 1.82) is 0 Å². The van der Waals surface area contributed by atoms with Gasteiger partial charge in [-0.3, -0.25) is 9.69 Å². The summed E-state index contributed by atoms with van der Waals surface area (Å²) in [4.78, 5) is 13.9. The van der Waals surface area contributed by atoms with E-state index in [1.165, 1.54) is 7.11 Å². The summed E-state index contributed by atoms with van der Waals surface area (Å²) in [6.07, 6.45) is 1.69. The van der Waals surface area contributed by atoms with E-state index in [4.69, 9.17) is 22.7 Å². The van der Waals surface area contributed by atoms with Gasteiger partial charge in [0.25, 0.3) is 0 Å². The van der Waals surface area contributed by atoms with Gasteiger partial charge in [-0.2, -0.15) is 0 Å². The highest BCUT2D eigenvalue weighted by Crippen LogP contribution is 2.17. The lowest BCUT2D eigenvalue weighted by atomic mass is 9.97. The monoisotopic (exact) mass is 216 g/mol. The van der Waals surface area contributed by atoms with Gasteiger partial charge in [0.2, 0.25) is 0 Å². The third kappa shape index (κ3) is 3.23. The van der Waals surface area contributed by atoms with E-state index in [2.05, 4.69) is 4.90 Å². The molecule has 0 aromatic heterocycles. The van der Waals surface area contributed by atoms with Crippen LogP contribution in [0.25, 0.3) is 0 Å². The number of methoxy groups -OCH3 is 1. The number of thiocarbonyl (C=S) groups is 1. The number of likely N-dealkylation sites (tertiary alicyclic amines) is 1. The Morgan fingerprint density at radius 3 is 2.57 bits per heavy atom. The molecule has 1 aliphatic heterocycles. The molecule has 0 bridgehead atoms. The van der Waals surface area contributed by atoms with Crippen LogP contribution in [-0.2, 0) is 9.53 Å². The summed E-state index contributed by atoms with van der Waals surface area (Å²) in [6.45, 7) is 2.40. The van der Waals surface area contributed by atoms with Crippen molar-refractivity contribution in [3.05, 3.63) is 0 Å². The molecule has 1 saturated heterocycles. The van der Waals surface area contributed by atoms with Gasteiger partial charge < -0.3 is 10.5 Å². The first-order valence-electron chi connectivity index (χ1n) is 4.72. The van der Waals surface area contributed by atoms with Crippen molar-refractivity contribution in [1.82, 2.24) is 4.90 Å². The minimum Gasteiger partial charge on any atom is -0.469 e. The van der Waals surface area contributed by atoms with Gasteiger partial charge >= 0.3 is 5.97 Å². The number of esters is 1. The molecule has 2 N–H and O–H groups in total. The molecule has 0 spiro atoms. The molecule has 0 aromatic carbocycles. The van der Waals surface area contributed by atoms with Crippen molar-refractivity contribution >= 4 is 23.2 Å². The van der Waals surface area contributed by atoms with E-state index in [0.717, 1.165) is 25.9 Å². The first kappa shape index (κ1) is 11.4. The number of ether oxygens (including phenoxy) is 1. The summed E-state index contributed by atoms with van der Waals surface area (Å²) in [6, 6.07) is 0. The fourth-order valence-electron chi connectivity index (χ4n) is 1.71. The first-order valence-corrected chi connectivity index (χ1v) is 5.12. The molecule has 0 saturated carbocycles. The summed E-state index contributed by atoms with van der Waals surface area (Å²) in [5, 5.41) is 0. The topological polar surface area (TPSA) is 55.6 Å². The maximum atomic E-state index is 11.2. The van der Waals surface area contributed by atoms with Crippen LogP contribution in [0, 0.1) is 5.92 Å². The number of carbonyl (C=O) groups excluding carboxylic acids is 1. The van der Waals surface area contributed by atoms with E-state index in [0.29, 0.717) is 11.5 Å². The molecule has 1 fully saturated rings. The molecule has 4 nitrogen and oxygen atoms in total. The van der Waals surface area contributed by atoms with Gasteiger partial charge in [0, 0.05) is 6.54 Å². The molecule has 1 rings (SSSR count). The molecule has 0 aliphatic carbocycles. The highest BCUT2D eigenvalue weighted by Gasteiger charge is 2.25. The number of piperidine rings is 1. The summed E-state index contributed by atoms with van der Waals surface area (Å²) in [5.41, 5.74) is 5.44. The number of rotatable bonds is 3. The first-order chi connectivity index (χ1) is 6.63. The molecule has 0 atom stereocenters. The molecule has 1 heterocycles. The van der Waals surface area contributed by atoms with Gasteiger partial charge in [-0.1, -0.05) is 12.2 Å². The van der Waals surface area contributed by atoms with Crippen LogP contribution in [0.3, 0.4) is 0 Å². The summed E-state index contributed by atoms with van der Waals surface area (Å²) >= 11 is 4.82. The molecule has 0 aromatic rings. The maximum absolute atomic E-state index is 11.2. The second-order valence-electron chi connectivity index (χ2n) is 3.54. The largest absolute Gasteiger partial charge is 0.469 e. The second-order valence-corrected chi connectivity index (χ2v) is 4.06. The smallest absolute Gasteiger partial charge is 0.308 e. The quantitative estimate of drug-likeness (QED) is 0.538. The van der Waals surface area contributed by atoms with Crippen LogP contribution in [0.1, 0.15) is 12.8 Å². The fraction of sp³-hybridized carbons (Fsp3) is 0.778. The van der Waals surface area contributed by atoms with Crippen LogP contribution in [0.4, 0.5) is 0 Å². The number of hydrogen-bond donors (Lipinski definition) is 1. The van der Waals surface area contributed by atoms with Crippen LogP contribution in [0.15, 0.2) is 0 Å². The lowest BCUT2D eigenvalue weighted by molar-refractivity contribution is -0.146. The molecule has 0 unspecified atom stereocenters. The molecular formula is C9H16N2O2S. The molecule has 80 valence electrons. The number of carbonyl (C=O) groups is 1. The van der Waals surface area contributed by atoms with E-state index < -0.39 is 0 Å². The van der Waals surface area contributed by atoms with Gasteiger partial charge in [0.15, 0.2) is 0 Å². The Bertz CT molecular complexity index is 225. The van der Waals surface area contributed by atoms with E-state index in [-0.39, 0.29) is 11.9 Å². The molecule has 0 radical (unpaired) electrons. The van der Waals surface area contributed by atoms with E-state index in [1.807, 2.05) is 0 Å². The summed E-state index contributed by atoms with van der Waals surface area (Å²) < 4.78 is 4.70. The number of nitrogens with zero attached hydrogens (tertiary/aromatic N) is 1. The van der Waals surface area contributed by atoms with Crippen molar-refractivity contribution in [3.8, 4) is 0 Å². The van der Waals surface area contributed by atoms with Crippen molar-refractivity contribution in [2.45, 2.75) is 12.8 Å². The van der Waals surface area contributed by atoms with Gasteiger partial charge in [0.1, 0.15) is 0 Å². The van der Waals surface area contributed by atoms with Gasteiger partial charge in [-0.15, -0.1) is 0 Å². The normalized spacial score (nSPS) is 19.2. The molecule has 1 aliphatic rings. The minimum atomic E-state index is -0.0972.